The first-order chi connectivity index (χ1) is 8.90. The molecule has 0 aliphatic carbocycles. The molecule has 1 aliphatic heterocycles. The van der Waals surface area contributed by atoms with Gasteiger partial charge in [0.1, 0.15) is 5.84 Å². The van der Waals surface area contributed by atoms with Gasteiger partial charge in [0.05, 0.1) is 5.69 Å². The molecule has 0 bridgehead atoms. The third-order valence-electron chi connectivity index (χ3n) is 3.26. The number of benzene rings is 1. The van der Waals surface area contributed by atoms with Crippen LogP contribution in [-0.2, 0) is 6.54 Å². The molecule has 0 radical (unpaired) electrons. The van der Waals surface area contributed by atoms with Crippen molar-refractivity contribution in [2.75, 3.05) is 13.1 Å². The van der Waals surface area contributed by atoms with Crippen molar-refractivity contribution in [1.29, 1.82) is 0 Å². The summed E-state index contributed by atoms with van der Waals surface area (Å²) in [5.41, 5.74) is 2.40. The van der Waals surface area contributed by atoms with Gasteiger partial charge in [0.15, 0.2) is 0 Å². The lowest BCUT2D eigenvalue weighted by Crippen LogP contribution is -2.31. The third-order valence-corrected chi connectivity index (χ3v) is 3.26. The number of hydrogen-bond acceptors (Lipinski definition) is 2. The van der Waals surface area contributed by atoms with Gasteiger partial charge in [-0.3, -0.25) is 4.99 Å². The van der Waals surface area contributed by atoms with Crippen LogP contribution in [0.1, 0.15) is 12.1 Å². The van der Waals surface area contributed by atoms with Crippen LogP contribution in [0.5, 0.6) is 0 Å². The largest absolute Gasteiger partial charge is 0.369 e. The molecule has 1 N–H and O–H groups in total. The Balaban J connectivity index is 2.17. The first-order valence-electron chi connectivity index (χ1n) is 6.38. The standard InChI is InChI=1S/C15H17N3/c1-2-10-18-13-7-4-3-6-12(13)11-14(18)15-16-8-5-9-17-15/h2-4,6-7,11H,1,5,8-10H2,(H,16,17). The average Bonchev–Trinajstić information content (AvgIpc) is 2.80. The molecule has 0 fully saturated rings. The Labute approximate surface area is 107 Å². The summed E-state index contributed by atoms with van der Waals surface area (Å²) in [6.07, 6.45) is 3.05. The fourth-order valence-corrected chi connectivity index (χ4v) is 2.44. The van der Waals surface area contributed by atoms with Gasteiger partial charge in [-0.2, -0.15) is 0 Å². The molecule has 0 spiro atoms. The smallest absolute Gasteiger partial charge is 0.145 e. The highest BCUT2D eigenvalue weighted by Gasteiger charge is 2.14. The van der Waals surface area contributed by atoms with Crippen LogP contribution in [-0.4, -0.2) is 23.5 Å². The molecular formula is C15H17N3. The van der Waals surface area contributed by atoms with Gasteiger partial charge >= 0.3 is 0 Å². The van der Waals surface area contributed by atoms with Crippen molar-refractivity contribution in [3.8, 4) is 0 Å². The summed E-state index contributed by atoms with van der Waals surface area (Å²) < 4.78 is 2.26. The van der Waals surface area contributed by atoms with E-state index in [0.717, 1.165) is 37.6 Å². The van der Waals surface area contributed by atoms with E-state index in [9.17, 15) is 0 Å². The molecule has 0 amide bonds. The number of aromatic nitrogens is 1. The van der Waals surface area contributed by atoms with E-state index in [2.05, 4.69) is 51.8 Å². The maximum Gasteiger partial charge on any atom is 0.145 e. The van der Waals surface area contributed by atoms with Crippen LogP contribution < -0.4 is 5.32 Å². The summed E-state index contributed by atoms with van der Waals surface area (Å²) in [6, 6.07) is 10.6. The van der Waals surface area contributed by atoms with Crippen LogP contribution in [0.3, 0.4) is 0 Å². The monoisotopic (exact) mass is 239 g/mol. The normalized spacial score (nSPS) is 15.2. The van der Waals surface area contributed by atoms with Crippen molar-refractivity contribution in [3.05, 3.63) is 48.7 Å². The number of fused-ring (bicyclic) bond motifs is 1. The summed E-state index contributed by atoms with van der Waals surface area (Å²) in [7, 11) is 0. The molecule has 92 valence electrons. The lowest BCUT2D eigenvalue weighted by molar-refractivity contribution is 0.731. The number of nitrogens with one attached hydrogen (secondary N) is 1. The van der Waals surface area contributed by atoms with Crippen molar-refractivity contribution in [2.45, 2.75) is 13.0 Å². The molecule has 1 aliphatic rings. The third kappa shape index (κ3) is 1.82. The number of rotatable bonds is 3. The molecule has 3 heteroatoms. The van der Waals surface area contributed by atoms with E-state index in [1.807, 2.05) is 6.08 Å². The molecule has 1 aromatic carbocycles. The highest BCUT2D eigenvalue weighted by molar-refractivity contribution is 6.02. The van der Waals surface area contributed by atoms with Crippen LogP contribution in [0.15, 0.2) is 48.0 Å². The summed E-state index contributed by atoms with van der Waals surface area (Å²) >= 11 is 0. The molecular weight excluding hydrogens is 222 g/mol. The Morgan fingerprint density at radius 1 is 1.39 bits per heavy atom. The van der Waals surface area contributed by atoms with Crippen LogP contribution >= 0.6 is 0 Å². The van der Waals surface area contributed by atoms with Crippen molar-refractivity contribution >= 4 is 16.7 Å². The molecule has 3 nitrogen and oxygen atoms in total. The van der Waals surface area contributed by atoms with E-state index < -0.39 is 0 Å². The Morgan fingerprint density at radius 3 is 3.06 bits per heavy atom. The average molecular weight is 239 g/mol. The van der Waals surface area contributed by atoms with Crippen molar-refractivity contribution in [1.82, 2.24) is 9.88 Å². The molecule has 18 heavy (non-hydrogen) atoms. The molecule has 3 rings (SSSR count). The maximum atomic E-state index is 4.59. The van der Waals surface area contributed by atoms with Gasteiger partial charge in [0, 0.05) is 30.5 Å². The van der Waals surface area contributed by atoms with Crippen molar-refractivity contribution in [3.63, 3.8) is 0 Å². The first kappa shape index (κ1) is 11.1. The van der Waals surface area contributed by atoms with E-state index in [0.29, 0.717) is 0 Å². The van der Waals surface area contributed by atoms with Crippen LogP contribution in [0.25, 0.3) is 10.9 Å². The van der Waals surface area contributed by atoms with Gasteiger partial charge in [-0.1, -0.05) is 24.3 Å². The minimum Gasteiger partial charge on any atom is -0.369 e. The van der Waals surface area contributed by atoms with Gasteiger partial charge in [0.25, 0.3) is 0 Å². The summed E-state index contributed by atoms with van der Waals surface area (Å²) in [5.74, 6) is 1.01. The highest BCUT2D eigenvalue weighted by atomic mass is 15.1. The SMILES string of the molecule is C=CCn1c(C2=NCCCN2)cc2ccccc21. The van der Waals surface area contributed by atoms with Crippen LogP contribution in [0.2, 0.25) is 0 Å². The predicted octanol–water partition coefficient (Wildman–Crippen LogP) is 2.57. The summed E-state index contributed by atoms with van der Waals surface area (Å²) in [4.78, 5) is 4.59. The molecule has 0 atom stereocenters. The Bertz CT molecular complexity index is 607. The fraction of sp³-hybridized carbons (Fsp3) is 0.267. The van der Waals surface area contributed by atoms with Crippen LogP contribution in [0.4, 0.5) is 0 Å². The quantitative estimate of drug-likeness (QED) is 0.820. The van der Waals surface area contributed by atoms with E-state index >= 15 is 0 Å². The van der Waals surface area contributed by atoms with E-state index in [-0.39, 0.29) is 0 Å². The fourth-order valence-electron chi connectivity index (χ4n) is 2.44. The van der Waals surface area contributed by atoms with Gasteiger partial charge < -0.3 is 9.88 Å². The minimum atomic E-state index is 0.809. The minimum absolute atomic E-state index is 0.809. The van der Waals surface area contributed by atoms with Crippen molar-refractivity contribution in [2.24, 2.45) is 4.99 Å². The second-order valence-electron chi connectivity index (χ2n) is 4.50. The number of para-hydroxylation sites is 1. The number of nitrogens with zero attached hydrogens (tertiary/aromatic N) is 2. The topological polar surface area (TPSA) is 29.3 Å². The molecule has 2 aromatic rings. The lowest BCUT2D eigenvalue weighted by Gasteiger charge is -2.16. The molecule has 0 unspecified atom stereocenters. The zero-order chi connectivity index (χ0) is 12.4. The Morgan fingerprint density at radius 2 is 2.28 bits per heavy atom. The first-order valence-corrected chi connectivity index (χ1v) is 6.38. The van der Waals surface area contributed by atoms with Crippen molar-refractivity contribution < 1.29 is 0 Å². The van der Waals surface area contributed by atoms with Gasteiger partial charge in [-0.15, -0.1) is 6.58 Å². The van der Waals surface area contributed by atoms with Gasteiger partial charge in [0.2, 0.25) is 0 Å². The summed E-state index contributed by atoms with van der Waals surface area (Å²) in [6.45, 7) is 6.58. The second kappa shape index (κ2) is 4.69. The second-order valence-corrected chi connectivity index (χ2v) is 4.50. The van der Waals surface area contributed by atoms with E-state index in [1.165, 1.54) is 10.9 Å². The number of allylic oxidation sites excluding steroid dienone is 1. The number of hydrogen-bond donors (Lipinski definition) is 1. The zero-order valence-electron chi connectivity index (χ0n) is 10.4. The Kier molecular flexibility index (Phi) is 2.89. The van der Waals surface area contributed by atoms with Gasteiger partial charge in [-0.25, -0.2) is 0 Å². The van der Waals surface area contributed by atoms with Gasteiger partial charge in [-0.05, 0) is 18.6 Å². The zero-order valence-corrected chi connectivity index (χ0v) is 10.4. The maximum absolute atomic E-state index is 4.59. The van der Waals surface area contributed by atoms with Crippen LogP contribution in [0, 0.1) is 0 Å². The predicted molar refractivity (Wildman–Crippen MR) is 76.2 cm³/mol. The molecule has 1 aromatic heterocycles. The number of aliphatic imine (C=N–C) groups is 1. The molecule has 0 saturated heterocycles. The highest BCUT2D eigenvalue weighted by Crippen LogP contribution is 2.20. The molecule has 0 saturated carbocycles. The van der Waals surface area contributed by atoms with E-state index in [4.69, 9.17) is 0 Å². The lowest BCUT2D eigenvalue weighted by atomic mass is 10.2. The Hall–Kier alpha value is -2.03. The summed E-state index contributed by atoms with van der Waals surface area (Å²) in [5, 5.41) is 4.64. The number of amidine groups is 1. The van der Waals surface area contributed by atoms with E-state index in [1.54, 1.807) is 0 Å². The molecule has 2 heterocycles.